The Hall–Kier alpha value is -2.39. The van der Waals surface area contributed by atoms with E-state index in [9.17, 15) is 4.79 Å². The van der Waals surface area contributed by atoms with Crippen molar-refractivity contribution in [1.82, 2.24) is 4.57 Å². The summed E-state index contributed by atoms with van der Waals surface area (Å²) in [5.41, 5.74) is 8.81. The molecule has 0 aliphatic carbocycles. The zero-order chi connectivity index (χ0) is 16.4. The number of hydrogen-bond acceptors (Lipinski definition) is 2. The van der Waals surface area contributed by atoms with Gasteiger partial charge in [-0.15, -0.1) is 0 Å². The topological polar surface area (TPSA) is 48.0 Å². The van der Waals surface area contributed by atoms with Gasteiger partial charge in [0.25, 0.3) is 5.56 Å². The maximum absolute atomic E-state index is 12.7. The highest BCUT2D eigenvalue weighted by molar-refractivity contribution is 5.95. The molecule has 0 spiro atoms. The number of pyridine rings is 1. The number of nitrogens with zero attached hydrogens (tertiary/aromatic N) is 1. The van der Waals surface area contributed by atoms with Crippen LogP contribution >= 0.6 is 0 Å². The second-order valence-corrected chi connectivity index (χ2v) is 6.25. The van der Waals surface area contributed by atoms with Crippen molar-refractivity contribution >= 4 is 10.8 Å². The molecule has 2 N–H and O–H groups in total. The normalized spacial score (nSPS) is 11.3. The monoisotopic (exact) mass is 305 g/mol. The van der Waals surface area contributed by atoms with Crippen LogP contribution in [0.3, 0.4) is 0 Å². The average Bonchev–Trinajstić information content (AvgIpc) is 2.57. The van der Waals surface area contributed by atoms with Crippen molar-refractivity contribution in [3.05, 3.63) is 70.6 Å². The largest absolute Gasteiger partial charge is 0.326 e. The number of rotatable bonds is 4. The van der Waals surface area contributed by atoms with Gasteiger partial charge < -0.3 is 10.3 Å². The molecule has 0 aliphatic heterocycles. The molecule has 0 amide bonds. The Balaban J connectivity index is 2.34. The first-order valence-electron chi connectivity index (χ1n) is 7.94. The third kappa shape index (κ3) is 3.06. The number of fused-ring (bicyclic) bond motifs is 1. The summed E-state index contributed by atoms with van der Waals surface area (Å²) in [5, 5.41) is 1.64. The van der Waals surface area contributed by atoms with Crippen LogP contribution in [0.25, 0.3) is 21.9 Å². The van der Waals surface area contributed by atoms with E-state index in [2.05, 4.69) is 20.0 Å². The van der Waals surface area contributed by atoms with Gasteiger partial charge in [0.15, 0.2) is 0 Å². The lowest BCUT2D eigenvalue weighted by Crippen LogP contribution is -2.23. The number of nitrogens with two attached hydrogens (primary N) is 1. The summed E-state index contributed by atoms with van der Waals surface area (Å²) in [4.78, 5) is 12.7. The fraction of sp³-hybridized carbons (Fsp3) is 0.250. The number of benzene rings is 2. The predicted octanol–water partition coefficient (Wildman–Crippen LogP) is 3.58. The zero-order valence-corrected chi connectivity index (χ0v) is 13.5. The van der Waals surface area contributed by atoms with Gasteiger partial charge in [-0.2, -0.15) is 0 Å². The van der Waals surface area contributed by atoms with Crippen LogP contribution in [0.2, 0.25) is 0 Å². The molecule has 117 valence electrons. The second-order valence-electron chi connectivity index (χ2n) is 6.25. The van der Waals surface area contributed by atoms with Crippen LogP contribution in [0.4, 0.5) is 0 Å². The van der Waals surface area contributed by atoms with Gasteiger partial charge in [-0.1, -0.05) is 50.2 Å². The van der Waals surface area contributed by atoms with E-state index in [1.807, 2.05) is 48.5 Å². The summed E-state index contributed by atoms with van der Waals surface area (Å²) in [6.45, 7) is 5.32. The van der Waals surface area contributed by atoms with Crippen molar-refractivity contribution in [2.24, 2.45) is 11.7 Å². The molecule has 2 aromatic carbocycles. The quantitative estimate of drug-likeness (QED) is 0.801. The molecule has 3 heteroatoms. The van der Waals surface area contributed by atoms with E-state index in [0.29, 0.717) is 19.0 Å². The lowest BCUT2D eigenvalue weighted by molar-refractivity contribution is 0.511. The van der Waals surface area contributed by atoms with Crippen LogP contribution in [-0.2, 0) is 13.1 Å². The Morgan fingerprint density at radius 3 is 2.48 bits per heavy atom. The van der Waals surface area contributed by atoms with Crippen molar-refractivity contribution in [2.75, 3.05) is 0 Å². The zero-order valence-electron chi connectivity index (χ0n) is 13.5. The van der Waals surface area contributed by atoms with E-state index in [0.717, 1.165) is 27.5 Å². The molecule has 1 heterocycles. The molecular formula is C20H21N2O. The second kappa shape index (κ2) is 6.39. The van der Waals surface area contributed by atoms with Gasteiger partial charge >= 0.3 is 0 Å². The smallest absolute Gasteiger partial charge is 0.258 e. The van der Waals surface area contributed by atoms with Gasteiger partial charge in [-0.25, -0.2) is 0 Å². The molecular weight excluding hydrogens is 284 g/mol. The minimum Gasteiger partial charge on any atom is -0.326 e. The highest BCUT2D eigenvalue weighted by Gasteiger charge is 2.12. The first-order valence-corrected chi connectivity index (χ1v) is 7.94. The Morgan fingerprint density at radius 2 is 1.83 bits per heavy atom. The van der Waals surface area contributed by atoms with Gasteiger partial charge in [-0.3, -0.25) is 4.79 Å². The molecule has 0 unspecified atom stereocenters. The van der Waals surface area contributed by atoms with E-state index in [1.165, 1.54) is 0 Å². The summed E-state index contributed by atoms with van der Waals surface area (Å²) in [5.74, 6) is 0.383. The van der Waals surface area contributed by atoms with Gasteiger partial charge in [0, 0.05) is 24.0 Å². The molecule has 0 aliphatic rings. The number of hydrogen-bond donors (Lipinski definition) is 1. The molecule has 1 radical (unpaired) electrons. The van der Waals surface area contributed by atoms with E-state index >= 15 is 0 Å². The van der Waals surface area contributed by atoms with Crippen LogP contribution in [0.15, 0.2) is 53.3 Å². The van der Waals surface area contributed by atoms with Crippen LogP contribution in [0, 0.1) is 12.1 Å². The molecule has 0 saturated carbocycles. The first-order chi connectivity index (χ1) is 11.1. The minimum atomic E-state index is 0.0111. The SMILES string of the molecule is CC(C)Cn1[c]c(-c2ccccc2)c2cc(CN)ccc2c1=O. The van der Waals surface area contributed by atoms with E-state index in [4.69, 9.17) is 5.73 Å². The summed E-state index contributed by atoms with van der Waals surface area (Å²) in [6, 6.07) is 15.9. The summed E-state index contributed by atoms with van der Waals surface area (Å²) < 4.78 is 1.71. The molecule has 3 nitrogen and oxygen atoms in total. The average molecular weight is 305 g/mol. The molecule has 23 heavy (non-hydrogen) atoms. The van der Waals surface area contributed by atoms with Gasteiger partial charge in [0.1, 0.15) is 0 Å². The van der Waals surface area contributed by atoms with Crippen molar-refractivity contribution < 1.29 is 0 Å². The minimum absolute atomic E-state index is 0.0111. The van der Waals surface area contributed by atoms with Crippen LogP contribution in [0.1, 0.15) is 19.4 Å². The van der Waals surface area contributed by atoms with Crippen LogP contribution in [-0.4, -0.2) is 4.57 Å². The van der Waals surface area contributed by atoms with E-state index in [-0.39, 0.29) is 5.56 Å². The predicted molar refractivity (Wildman–Crippen MR) is 95.2 cm³/mol. The van der Waals surface area contributed by atoms with Gasteiger partial charge in [0.05, 0.1) is 6.20 Å². The maximum Gasteiger partial charge on any atom is 0.258 e. The number of aromatic nitrogens is 1. The fourth-order valence-electron chi connectivity index (χ4n) is 2.82. The van der Waals surface area contributed by atoms with Crippen LogP contribution < -0.4 is 11.3 Å². The Bertz CT molecular complexity index is 879. The van der Waals surface area contributed by atoms with Crippen LogP contribution in [0.5, 0.6) is 0 Å². The highest BCUT2D eigenvalue weighted by atomic mass is 16.1. The van der Waals surface area contributed by atoms with Crippen molar-refractivity contribution in [3.63, 3.8) is 0 Å². The first kappa shape index (κ1) is 15.5. The van der Waals surface area contributed by atoms with Crippen molar-refractivity contribution in [2.45, 2.75) is 26.9 Å². The van der Waals surface area contributed by atoms with Crippen molar-refractivity contribution in [1.29, 1.82) is 0 Å². The molecule has 3 rings (SSSR count). The molecule has 1 aromatic heterocycles. The fourth-order valence-corrected chi connectivity index (χ4v) is 2.82. The maximum atomic E-state index is 12.7. The summed E-state index contributed by atoms with van der Waals surface area (Å²) >= 11 is 0. The standard InChI is InChI=1S/C20H21N2O/c1-14(2)12-22-13-19(16-6-4-3-5-7-16)18-10-15(11-21)8-9-17(18)20(22)23/h3-10,14H,11-12,21H2,1-2H3. The third-order valence-electron chi connectivity index (χ3n) is 3.92. The van der Waals surface area contributed by atoms with Crippen molar-refractivity contribution in [3.8, 4) is 11.1 Å². The molecule has 3 aromatic rings. The Kier molecular flexibility index (Phi) is 4.30. The molecule has 0 bridgehead atoms. The highest BCUT2D eigenvalue weighted by Crippen LogP contribution is 2.27. The molecule has 0 atom stereocenters. The Labute approximate surface area is 136 Å². The van der Waals surface area contributed by atoms with E-state index in [1.54, 1.807) is 4.57 Å². The van der Waals surface area contributed by atoms with E-state index < -0.39 is 0 Å². The lowest BCUT2D eigenvalue weighted by Gasteiger charge is -2.14. The van der Waals surface area contributed by atoms with Gasteiger partial charge in [0.2, 0.25) is 0 Å². The summed E-state index contributed by atoms with van der Waals surface area (Å²) in [7, 11) is 0. The molecule has 0 fully saturated rings. The third-order valence-corrected chi connectivity index (χ3v) is 3.92. The van der Waals surface area contributed by atoms with Gasteiger partial charge in [-0.05, 0) is 34.6 Å². The Morgan fingerprint density at radius 1 is 1.09 bits per heavy atom. The molecule has 0 saturated heterocycles. The lowest BCUT2D eigenvalue weighted by atomic mass is 9.98. The summed E-state index contributed by atoms with van der Waals surface area (Å²) in [6.07, 6.45) is 3.32.